The van der Waals surface area contributed by atoms with Gasteiger partial charge in [-0.3, -0.25) is 0 Å². The first-order chi connectivity index (χ1) is 16.5. The highest BCUT2D eigenvalue weighted by Crippen LogP contribution is 2.32. The van der Waals surface area contributed by atoms with E-state index in [4.69, 9.17) is 14.2 Å². The van der Waals surface area contributed by atoms with Crippen molar-refractivity contribution in [2.24, 2.45) is 0 Å². The molecule has 7 nitrogen and oxygen atoms in total. The minimum Gasteiger partial charge on any atom is -0.486 e. The average Bonchev–Trinajstić information content (AvgIpc) is 3.23. The van der Waals surface area contributed by atoms with Gasteiger partial charge in [0.15, 0.2) is 5.75 Å². The number of para-hydroxylation sites is 2. The van der Waals surface area contributed by atoms with Crippen LogP contribution in [0.15, 0.2) is 84.9 Å². The summed E-state index contributed by atoms with van der Waals surface area (Å²) >= 11 is 0. The average molecular weight is 458 g/mol. The Hall–Kier alpha value is -4.26. The van der Waals surface area contributed by atoms with Crippen LogP contribution in [0.3, 0.4) is 0 Å². The van der Waals surface area contributed by atoms with Crippen molar-refractivity contribution in [1.82, 2.24) is 9.78 Å². The largest absolute Gasteiger partial charge is 0.486 e. The number of nitrogens with zero attached hydrogens (tertiary/aromatic N) is 3. The molecule has 3 aromatic carbocycles. The Bertz CT molecular complexity index is 1240. The maximum atomic E-state index is 13.0. The zero-order valence-corrected chi connectivity index (χ0v) is 19.5. The molecule has 0 radical (unpaired) electrons. The Morgan fingerprint density at radius 3 is 2.32 bits per heavy atom. The highest BCUT2D eigenvalue weighted by atomic mass is 16.7. The van der Waals surface area contributed by atoms with Crippen molar-refractivity contribution in [3.05, 3.63) is 102 Å². The first-order valence-electron chi connectivity index (χ1n) is 10.9. The van der Waals surface area contributed by atoms with Gasteiger partial charge in [-0.05, 0) is 36.8 Å². The van der Waals surface area contributed by atoms with Crippen LogP contribution in [-0.2, 0) is 11.3 Å². The molecule has 4 aromatic rings. The van der Waals surface area contributed by atoms with Gasteiger partial charge in [-0.2, -0.15) is 5.10 Å². The minimum atomic E-state index is -0.533. The Balaban J connectivity index is 1.48. The van der Waals surface area contributed by atoms with E-state index in [1.54, 1.807) is 22.9 Å². The minimum absolute atomic E-state index is 0.263. The van der Waals surface area contributed by atoms with Crippen molar-refractivity contribution in [2.45, 2.75) is 13.5 Å². The SMILES string of the molecule is Cc1cc(OCOC(=O)c2cccc(N(C)C)c2OCc2ccccc2)n(-c2ccccc2)n1. The molecule has 0 aliphatic rings. The number of esters is 1. The fraction of sp³-hybridized carbons (Fsp3) is 0.185. The molecule has 174 valence electrons. The lowest BCUT2D eigenvalue weighted by molar-refractivity contribution is 0.0130. The fourth-order valence-corrected chi connectivity index (χ4v) is 3.47. The molecule has 34 heavy (non-hydrogen) atoms. The summed E-state index contributed by atoms with van der Waals surface area (Å²) in [4.78, 5) is 14.9. The van der Waals surface area contributed by atoms with Crippen LogP contribution < -0.4 is 14.4 Å². The second-order valence-corrected chi connectivity index (χ2v) is 7.89. The molecule has 0 fully saturated rings. The smallest absolute Gasteiger partial charge is 0.344 e. The summed E-state index contributed by atoms with van der Waals surface area (Å²) in [5.41, 5.74) is 3.76. The second-order valence-electron chi connectivity index (χ2n) is 7.89. The predicted molar refractivity (Wildman–Crippen MR) is 131 cm³/mol. The first-order valence-corrected chi connectivity index (χ1v) is 10.9. The van der Waals surface area contributed by atoms with Gasteiger partial charge in [0, 0.05) is 20.2 Å². The van der Waals surface area contributed by atoms with Crippen molar-refractivity contribution < 1.29 is 19.0 Å². The van der Waals surface area contributed by atoms with Crippen molar-refractivity contribution in [2.75, 3.05) is 25.8 Å². The number of carbonyl (C=O) groups is 1. The van der Waals surface area contributed by atoms with Gasteiger partial charge in [0.2, 0.25) is 12.7 Å². The van der Waals surface area contributed by atoms with E-state index < -0.39 is 5.97 Å². The van der Waals surface area contributed by atoms with Gasteiger partial charge >= 0.3 is 5.97 Å². The Labute approximate surface area is 199 Å². The third kappa shape index (κ3) is 5.38. The van der Waals surface area contributed by atoms with Gasteiger partial charge < -0.3 is 19.1 Å². The van der Waals surface area contributed by atoms with E-state index in [0.29, 0.717) is 23.8 Å². The lowest BCUT2D eigenvalue weighted by Gasteiger charge is -2.20. The highest BCUT2D eigenvalue weighted by molar-refractivity contribution is 5.95. The molecule has 0 amide bonds. The quantitative estimate of drug-likeness (QED) is 0.260. The van der Waals surface area contributed by atoms with Crippen molar-refractivity contribution in [3.63, 3.8) is 0 Å². The molecule has 0 saturated carbocycles. The van der Waals surface area contributed by atoms with Crippen molar-refractivity contribution >= 4 is 11.7 Å². The van der Waals surface area contributed by atoms with Crippen LogP contribution in [0.1, 0.15) is 21.6 Å². The van der Waals surface area contributed by atoms with E-state index in [9.17, 15) is 4.79 Å². The number of aryl methyl sites for hydroxylation is 1. The van der Waals surface area contributed by atoms with Gasteiger partial charge in [-0.25, -0.2) is 9.48 Å². The number of benzene rings is 3. The van der Waals surface area contributed by atoms with Gasteiger partial charge in [0.05, 0.1) is 17.1 Å². The normalized spacial score (nSPS) is 10.6. The molecule has 4 rings (SSSR count). The molecule has 0 atom stereocenters. The summed E-state index contributed by atoms with van der Waals surface area (Å²) in [5, 5.41) is 4.46. The van der Waals surface area contributed by atoms with Crippen LogP contribution >= 0.6 is 0 Å². The molecule has 0 spiro atoms. The molecule has 0 bridgehead atoms. The molecule has 0 N–H and O–H groups in total. The van der Waals surface area contributed by atoms with Crippen LogP contribution in [0.4, 0.5) is 5.69 Å². The standard InChI is InChI=1S/C27H27N3O4/c1-20-17-25(30(28-20)22-13-8-5-9-14-22)33-19-34-27(31)23-15-10-16-24(29(2)3)26(23)32-18-21-11-6-4-7-12-21/h4-17H,18-19H2,1-3H3. The molecular weight excluding hydrogens is 430 g/mol. The van der Waals surface area contributed by atoms with Crippen LogP contribution in [-0.4, -0.2) is 36.6 Å². The van der Waals surface area contributed by atoms with Crippen LogP contribution in [0.25, 0.3) is 5.69 Å². The van der Waals surface area contributed by atoms with Crippen LogP contribution in [0.2, 0.25) is 0 Å². The first kappa shape index (κ1) is 22.9. The third-order valence-electron chi connectivity index (χ3n) is 5.12. The van der Waals surface area contributed by atoms with Crippen molar-refractivity contribution in [1.29, 1.82) is 0 Å². The summed E-state index contributed by atoms with van der Waals surface area (Å²) in [6, 6.07) is 26.6. The molecule has 1 aromatic heterocycles. The number of ether oxygens (including phenoxy) is 3. The number of hydrogen-bond acceptors (Lipinski definition) is 6. The molecule has 0 saturated heterocycles. The molecule has 0 aliphatic heterocycles. The Kier molecular flexibility index (Phi) is 7.13. The lowest BCUT2D eigenvalue weighted by Crippen LogP contribution is -2.16. The predicted octanol–water partition coefficient (Wildman–Crippen LogP) is 5.02. The zero-order valence-electron chi connectivity index (χ0n) is 19.5. The number of anilines is 1. The Morgan fingerprint density at radius 2 is 1.62 bits per heavy atom. The number of rotatable bonds is 9. The summed E-state index contributed by atoms with van der Waals surface area (Å²) in [6.45, 7) is 1.94. The van der Waals surface area contributed by atoms with Gasteiger partial charge in [0.1, 0.15) is 12.2 Å². The third-order valence-corrected chi connectivity index (χ3v) is 5.12. The number of aromatic nitrogens is 2. The van der Waals surface area contributed by atoms with Gasteiger partial charge in [-0.15, -0.1) is 0 Å². The van der Waals surface area contributed by atoms with E-state index in [-0.39, 0.29) is 6.79 Å². The maximum absolute atomic E-state index is 13.0. The van der Waals surface area contributed by atoms with E-state index in [1.807, 2.05) is 92.6 Å². The summed E-state index contributed by atoms with van der Waals surface area (Å²) in [7, 11) is 3.80. The molecular formula is C27H27N3O4. The monoisotopic (exact) mass is 457 g/mol. The summed E-state index contributed by atoms with van der Waals surface area (Å²) < 4.78 is 19.0. The number of hydrogen-bond donors (Lipinski definition) is 0. The molecule has 1 heterocycles. The van der Waals surface area contributed by atoms with Crippen LogP contribution in [0, 0.1) is 6.92 Å². The van der Waals surface area contributed by atoms with E-state index in [2.05, 4.69) is 5.10 Å². The molecule has 0 unspecified atom stereocenters. The number of carbonyl (C=O) groups excluding carboxylic acids is 1. The van der Waals surface area contributed by atoms with Crippen LogP contribution in [0.5, 0.6) is 11.6 Å². The topological polar surface area (TPSA) is 65.8 Å². The van der Waals surface area contributed by atoms with E-state index in [0.717, 1.165) is 22.6 Å². The zero-order chi connectivity index (χ0) is 23.9. The van der Waals surface area contributed by atoms with Crippen molar-refractivity contribution in [3.8, 4) is 17.3 Å². The molecule has 0 aliphatic carbocycles. The summed E-state index contributed by atoms with van der Waals surface area (Å²) in [5.74, 6) is 0.417. The molecule has 7 heteroatoms. The van der Waals surface area contributed by atoms with Gasteiger partial charge in [-0.1, -0.05) is 54.6 Å². The summed E-state index contributed by atoms with van der Waals surface area (Å²) in [6.07, 6.45) is 0. The maximum Gasteiger partial charge on any atom is 0.344 e. The van der Waals surface area contributed by atoms with E-state index >= 15 is 0 Å². The second kappa shape index (κ2) is 10.6. The lowest BCUT2D eigenvalue weighted by atomic mass is 10.1. The van der Waals surface area contributed by atoms with E-state index in [1.165, 1.54) is 0 Å². The van der Waals surface area contributed by atoms with Gasteiger partial charge in [0.25, 0.3) is 0 Å². The fourth-order valence-electron chi connectivity index (χ4n) is 3.47. The highest BCUT2D eigenvalue weighted by Gasteiger charge is 2.20. The Morgan fingerprint density at radius 1 is 0.912 bits per heavy atom.